The van der Waals surface area contributed by atoms with Crippen molar-refractivity contribution in [3.63, 3.8) is 0 Å². The van der Waals surface area contributed by atoms with E-state index in [1.165, 1.54) is 38.8 Å². The van der Waals surface area contributed by atoms with Crippen molar-refractivity contribution in [3.05, 3.63) is 0 Å². The SMILES string of the molecule is CCCCN(CCCC)CC(C)C(N)=S. The predicted octanol–water partition coefficient (Wildman–Crippen LogP) is 2.81. The molecular formula is C12H26N2S. The van der Waals surface area contributed by atoms with Crippen LogP contribution in [0.15, 0.2) is 0 Å². The van der Waals surface area contributed by atoms with Crippen molar-refractivity contribution in [2.24, 2.45) is 11.7 Å². The minimum Gasteiger partial charge on any atom is -0.393 e. The van der Waals surface area contributed by atoms with Crippen LogP contribution < -0.4 is 5.73 Å². The average Bonchev–Trinajstić information content (AvgIpc) is 2.21. The first-order chi connectivity index (χ1) is 7.11. The number of hydrogen-bond donors (Lipinski definition) is 1. The lowest BCUT2D eigenvalue weighted by Crippen LogP contribution is -2.35. The van der Waals surface area contributed by atoms with Gasteiger partial charge >= 0.3 is 0 Å². The zero-order valence-corrected chi connectivity index (χ0v) is 11.3. The van der Waals surface area contributed by atoms with E-state index in [0.29, 0.717) is 10.9 Å². The van der Waals surface area contributed by atoms with Gasteiger partial charge in [-0.1, -0.05) is 45.8 Å². The minimum absolute atomic E-state index is 0.341. The molecule has 0 aliphatic heterocycles. The Bertz CT molecular complexity index is 163. The Balaban J connectivity index is 3.92. The summed E-state index contributed by atoms with van der Waals surface area (Å²) in [6.45, 7) is 9.97. The van der Waals surface area contributed by atoms with Crippen LogP contribution in [0.1, 0.15) is 46.5 Å². The molecule has 0 saturated carbocycles. The zero-order valence-electron chi connectivity index (χ0n) is 10.5. The Morgan fingerprint density at radius 3 is 2.00 bits per heavy atom. The lowest BCUT2D eigenvalue weighted by Gasteiger charge is -2.25. The summed E-state index contributed by atoms with van der Waals surface area (Å²) < 4.78 is 0. The molecule has 2 N–H and O–H groups in total. The van der Waals surface area contributed by atoms with Crippen LogP contribution in [0.2, 0.25) is 0 Å². The first-order valence-electron chi connectivity index (χ1n) is 6.13. The highest BCUT2D eigenvalue weighted by atomic mass is 32.1. The van der Waals surface area contributed by atoms with E-state index in [9.17, 15) is 0 Å². The second-order valence-electron chi connectivity index (χ2n) is 4.31. The van der Waals surface area contributed by atoms with Gasteiger partial charge < -0.3 is 10.6 Å². The van der Waals surface area contributed by atoms with Crippen LogP contribution in [-0.4, -0.2) is 29.5 Å². The van der Waals surface area contributed by atoms with Gasteiger partial charge in [-0.15, -0.1) is 0 Å². The van der Waals surface area contributed by atoms with Gasteiger partial charge in [-0.25, -0.2) is 0 Å². The van der Waals surface area contributed by atoms with Crippen LogP contribution >= 0.6 is 12.2 Å². The fraction of sp³-hybridized carbons (Fsp3) is 0.917. The average molecular weight is 230 g/mol. The van der Waals surface area contributed by atoms with Crippen molar-refractivity contribution in [3.8, 4) is 0 Å². The van der Waals surface area contributed by atoms with Gasteiger partial charge in [-0.3, -0.25) is 0 Å². The zero-order chi connectivity index (χ0) is 11.7. The molecule has 0 heterocycles. The highest BCUT2D eigenvalue weighted by Crippen LogP contribution is 2.04. The molecule has 0 spiro atoms. The maximum absolute atomic E-state index is 5.65. The van der Waals surface area contributed by atoms with Crippen molar-refractivity contribution < 1.29 is 0 Å². The van der Waals surface area contributed by atoms with Crippen molar-refractivity contribution in [2.75, 3.05) is 19.6 Å². The maximum atomic E-state index is 5.65. The predicted molar refractivity (Wildman–Crippen MR) is 72.2 cm³/mol. The molecule has 90 valence electrons. The summed E-state index contributed by atoms with van der Waals surface area (Å²) in [5, 5.41) is 0. The Hall–Kier alpha value is -0.150. The van der Waals surface area contributed by atoms with Gasteiger partial charge in [0.2, 0.25) is 0 Å². The van der Waals surface area contributed by atoms with E-state index < -0.39 is 0 Å². The number of nitrogens with two attached hydrogens (primary N) is 1. The molecule has 0 aliphatic rings. The van der Waals surface area contributed by atoms with Crippen LogP contribution in [0.3, 0.4) is 0 Å². The molecule has 3 heteroatoms. The van der Waals surface area contributed by atoms with Crippen molar-refractivity contribution in [1.82, 2.24) is 4.90 Å². The minimum atomic E-state index is 0.341. The van der Waals surface area contributed by atoms with Gasteiger partial charge in [0.15, 0.2) is 0 Å². The molecule has 0 aliphatic carbocycles. The number of unbranched alkanes of at least 4 members (excludes halogenated alkanes) is 2. The topological polar surface area (TPSA) is 29.3 Å². The van der Waals surface area contributed by atoms with Crippen molar-refractivity contribution in [2.45, 2.75) is 46.5 Å². The summed E-state index contributed by atoms with van der Waals surface area (Å²) in [7, 11) is 0. The fourth-order valence-electron chi connectivity index (χ4n) is 1.54. The summed E-state index contributed by atoms with van der Waals surface area (Å²) in [6, 6.07) is 0. The number of hydrogen-bond acceptors (Lipinski definition) is 2. The van der Waals surface area contributed by atoms with E-state index in [1.807, 2.05) is 0 Å². The number of thiocarbonyl (C=S) groups is 1. The van der Waals surface area contributed by atoms with Gasteiger partial charge in [0.05, 0.1) is 4.99 Å². The third kappa shape index (κ3) is 7.74. The standard InChI is InChI=1S/C12H26N2S/c1-4-6-8-14(9-7-5-2)10-11(3)12(13)15/h11H,4-10H2,1-3H3,(H2,13,15). The van der Waals surface area contributed by atoms with Crippen molar-refractivity contribution >= 4 is 17.2 Å². The van der Waals surface area contributed by atoms with Crippen LogP contribution in [0.4, 0.5) is 0 Å². The van der Waals surface area contributed by atoms with Crippen LogP contribution in [0.5, 0.6) is 0 Å². The lowest BCUT2D eigenvalue weighted by atomic mass is 10.1. The van der Waals surface area contributed by atoms with E-state index in [-0.39, 0.29) is 0 Å². The molecule has 2 nitrogen and oxygen atoms in total. The number of nitrogens with zero attached hydrogens (tertiary/aromatic N) is 1. The molecule has 0 bridgehead atoms. The van der Waals surface area contributed by atoms with Crippen LogP contribution in [0.25, 0.3) is 0 Å². The first kappa shape index (κ1) is 14.8. The van der Waals surface area contributed by atoms with Gasteiger partial charge in [-0.2, -0.15) is 0 Å². The van der Waals surface area contributed by atoms with Crippen LogP contribution in [-0.2, 0) is 0 Å². The Kier molecular flexibility index (Phi) is 9.01. The second-order valence-corrected chi connectivity index (χ2v) is 4.78. The summed E-state index contributed by atoms with van der Waals surface area (Å²) in [6.07, 6.45) is 5.05. The van der Waals surface area contributed by atoms with E-state index >= 15 is 0 Å². The second kappa shape index (κ2) is 9.10. The third-order valence-electron chi connectivity index (χ3n) is 2.67. The summed E-state index contributed by atoms with van der Waals surface area (Å²) >= 11 is 5.01. The van der Waals surface area contributed by atoms with Gasteiger partial charge in [0, 0.05) is 12.5 Å². The number of rotatable bonds is 9. The molecule has 15 heavy (non-hydrogen) atoms. The van der Waals surface area contributed by atoms with Crippen LogP contribution in [0, 0.1) is 5.92 Å². The van der Waals surface area contributed by atoms with E-state index in [1.54, 1.807) is 0 Å². The van der Waals surface area contributed by atoms with Gasteiger partial charge in [0.25, 0.3) is 0 Å². The van der Waals surface area contributed by atoms with Gasteiger partial charge in [0.1, 0.15) is 0 Å². The molecule has 0 aromatic carbocycles. The van der Waals surface area contributed by atoms with E-state index in [0.717, 1.165) is 6.54 Å². The quantitative estimate of drug-likeness (QED) is 0.618. The lowest BCUT2D eigenvalue weighted by molar-refractivity contribution is 0.251. The first-order valence-corrected chi connectivity index (χ1v) is 6.54. The van der Waals surface area contributed by atoms with Crippen molar-refractivity contribution in [1.29, 1.82) is 0 Å². The highest BCUT2D eigenvalue weighted by Gasteiger charge is 2.11. The molecule has 0 fully saturated rings. The highest BCUT2D eigenvalue weighted by molar-refractivity contribution is 7.80. The molecule has 0 aromatic heterocycles. The maximum Gasteiger partial charge on any atom is 0.0768 e. The molecule has 0 aromatic rings. The van der Waals surface area contributed by atoms with E-state index in [4.69, 9.17) is 18.0 Å². The normalized spacial score (nSPS) is 13.1. The smallest absolute Gasteiger partial charge is 0.0768 e. The third-order valence-corrected chi connectivity index (χ3v) is 3.08. The molecule has 0 rings (SSSR count). The molecular weight excluding hydrogens is 204 g/mol. The molecule has 0 saturated heterocycles. The Morgan fingerprint density at radius 1 is 1.20 bits per heavy atom. The molecule has 1 atom stereocenters. The summed E-state index contributed by atoms with van der Waals surface area (Å²) in [5.74, 6) is 0.341. The monoisotopic (exact) mass is 230 g/mol. The summed E-state index contributed by atoms with van der Waals surface area (Å²) in [4.78, 5) is 3.14. The Labute approximate surface area is 100 Å². The summed E-state index contributed by atoms with van der Waals surface area (Å²) in [5.41, 5.74) is 5.65. The molecule has 1 unspecified atom stereocenters. The van der Waals surface area contributed by atoms with E-state index in [2.05, 4.69) is 25.7 Å². The largest absolute Gasteiger partial charge is 0.393 e. The molecule has 0 amide bonds. The fourth-order valence-corrected chi connectivity index (χ4v) is 1.61. The Morgan fingerprint density at radius 2 is 1.67 bits per heavy atom. The molecule has 0 radical (unpaired) electrons. The van der Waals surface area contributed by atoms with Gasteiger partial charge in [-0.05, 0) is 25.9 Å².